The fraction of sp³-hybridized carbons (Fsp3) is 0.158. The van der Waals surface area contributed by atoms with Gasteiger partial charge >= 0.3 is 0 Å². The third-order valence-corrected chi connectivity index (χ3v) is 3.89. The van der Waals surface area contributed by atoms with Crippen molar-refractivity contribution in [2.24, 2.45) is 4.99 Å². The Morgan fingerprint density at radius 1 is 1.42 bits per heavy atom. The SMILES string of the molecule is C=Nc1cc(OCC)c(N)cc1/C(Nc1ccc(F)c(Cl)c1)=C(\C)C#N. The number of nitrogens with two attached hydrogens (primary N) is 1. The molecule has 0 saturated carbocycles. The number of nitriles is 1. The van der Waals surface area contributed by atoms with Crippen LogP contribution in [0.1, 0.15) is 19.4 Å². The summed E-state index contributed by atoms with van der Waals surface area (Å²) in [5.41, 5.74) is 8.89. The van der Waals surface area contributed by atoms with Crippen molar-refractivity contribution in [2.45, 2.75) is 13.8 Å². The molecule has 0 atom stereocenters. The molecule has 2 rings (SSSR count). The molecule has 134 valence electrons. The second-order valence-corrected chi connectivity index (χ2v) is 5.77. The lowest BCUT2D eigenvalue weighted by atomic mass is 10.0. The second kappa shape index (κ2) is 8.37. The first-order valence-electron chi connectivity index (χ1n) is 7.77. The normalized spacial score (nSPS) is 11.3. The molecule has 0 spiro atoms. The van der Waals surface area contributed by atoms with Gasteiger partial charge in [-0.15, -0.1) is 0 Å². The molecule has 0 aliphatic rings. The number of anilines is 2. The Kier molecular flexibility index (Phi) is 6.21. The van der Waals surface area contributed by atoms with Gasteiger partial charge in [-0.25, -0.2) is 4.39 Å². The van der Waals surface area contributed by atoms with E-state index in [0.717, 1.165) is 0 Å². The first kappa shape index (κ1) is 19.3. The van der Waals surface area contributed by atoms with Crippen molar-refractivity contribution < 1.29 is 9.13 Å². The zero-order valence-corrected chi connectivity index (χ0v) is 15.2. The van der Waals surface area contributed by atoms with Gasteiger partial charge in [-0.3, -0.25) is 4.99 Å². The van der Waals surface area contributed by atoms with Gasteiger partial charge in [0.1, 0.15) is 11.6 Å². The number of nitrogens with one attached hydrogen (secondary N) is 1. The molecule has 0 heterocycles. The average Bonchev–Trinajstić information content (AvgIpc) is 2.63. The highest BCUT2D eigenvalue weighted by Crippen LogP contribution is 2.37. The van der Waals surface area contributed by atoms with Gasteiger partial charge in [0.25, 0.3) is 0 Å². The van der Waals surface area contributed by atoms with Gasteiger partial charge in [-0.1, -0.05) is 11.6 Å². The summed E-state index contributed by atoms with van der Waals surface area (Å²) in [5.74, 6) is -0.0454. The molecule has 5 nitrogen and oxygen atoms in total. The third-order valence-electron chi connectivity index (χ3n) is 3.60. The number of nitrogens with zero attached hydrogens (tertiary/aromatic N) is 2. The van der Waals surface area contributed by atoms with E-state index in [1.165, 1.54) is 18.2 Å². The standard InChI is InChI=1S/C19H18ClFN4O/c1-4-26-18-9-17(24-3)13(8-16(18)23)19(11(2)10-22)25-12-5-6-15(21)14(20)7-12/h5-9,25H,3-4,23H2,1-2H3/b19-11-. The number of allylic oxidation sites excluding steroid dienone is 1. The Morgan fingerprint density at radius 2 is 2.15 bits per heavy atom. The van der Waals surface area contributed by atoms with Crippen LogP contribution in [0.15, 0.2) is 40.9 Å². The largest absolute Gasteiger partial charge is 0.492 e. The highest BCUT2D eigenvalue weighted by molar-refractivity contribution is 6.31. The monoisotopic (exact) mass is 372 g/mol. The molecule has 2 aromatic rings. The smallest absolute Gasteiger partial charge is 0.144 e. The molecular weight excluding hydrogens is 355 g/mol. The predicted molar refractivity (Wildman–Crippen MR) is 104 cm³/mol. The number of ether oxygens (including phenoxy) is 1. The Hall–Kier alpha value is -3.04. The van der Waals surface area contributed by atoms with E-state index in [-0.39, 0.29) is 5.02 Å². The summed E-state index contributed by atoms with van der Waals surface area (Å²) in [6.45, 7) is 7.52. The number of nitrogen functional groups attached to an aromatic ring is 1. The Labute approximate surface area is 156 Å². The van der Waals surface area contributed by atoms with Crippen molar-refractivity contribution in [3.63, 3.8) is 0 Å². The van der Waals surface area contributed by atoms with Gasteiger partial charge in [0.05, 0.1) is 40.3 Å². The Balaban J connectivity index is 2.58. The van der Waals surface area contributed by atoms with Gasteiger partial charge < -0.3 is 15.8 Å². The maximum absolute atomic E-state index is 13.4. The van der Waals surface area contributed by atoms with Crippen molar-refractivity contribution >= 4 is 41.1 Å². The number of rotatable bonds is 6. The van der Waals surface area contributed by atoms with Crippen molar-refractivity contribution in [1.82, 2.24) is 0 Å². The van der Waals surface area contributed by atoms with Gasteiger partial charge in [0, 0.05) is 17.3 Å². The molecule has 0 aromatic heterocycles. The summed E-state index contributed by atoms with van der Waals surface area (Å²) in [7, 11) is 0. The van der Waals surface area contributed by atoms with E-state index in [1.54, 1.807) is 19.1 Å². The molecule has 2 aromatic carbocycles. The minimum Gasteiger partial charge on any atom is -0.492 e. The molecule has 0 amide bonds. The quantitative estimate of drug-likeness (QED) is 0.417. The summed E-state index contributed by atoms with van der Waals surface area (Å²) in [6.07, 6.45) is 0. The molecule has 0 aliphatic heterocycles. The number of halogens is 2. The van der Waals surface area contributed by atoms with Crippen LogP contribution in [-0.2, 0) is 0 Å². The first-order valence-corrected chi connectivity index (χ1v) is 8.15. The average molecular weight is 373 g/mol. The van der Waals surface area contributed by atoms with Gasteiger partial charge in [-0.05, 0) is 44.8 Å². The lowest BCUT2D eigenvalue weighted by Gasteiger charge is -2.17. The maximum atomic E-state index is 13.4. The topological polar surface area (TPSA) is 83.4 Å². The van der Waals surface area contributed by atoms with Crippen molar-refractivity contribution in [2.75, 3.05) is 17.7 Å². The lowest BCUT2D eigenvalue weighted by molar-refractivity contribution is 0.342. The summed E-state index contributed by atoms with van der Waals surface area (Å²) in [6, 6.07) is 9.60. The van der Waals surface area contributed by atoms with E-state index < -0.39 is 5.82 Å². The molecule has 0 saturated heterocycles. The molecule has 3 N–H and O–H groups in total. The van der Waals surface area contributed by atoms with E-state index in [0.29, 0.717) is 46.3 Å². The lowest BCUT2D eigenvalue weighted by Crippen LogP contribution is -2.04. The summed E-state index contributed by atoms with van der Waals surface area (Å²) in [4.78, 5) is 4.01. The summed E-state index contributed by atoms with van der Waals surface area (Å²) < 4.78 is 18.9. The molecule has 26 heavy (non-hydrogen) atoms. The van der Waals surface area contributed by atoms with Crippen molar-refractivity contribution in [1.29, 1.82) is 5.26 Å². The van der Waals surface area contributed by atoms with Crippen LogP contribution < -0.4 is 15.8 Å². The van der Waals surface area contributed by atoms with Gasteiger partial charge in [0.2, 0.25) is 0 Å². The van der Waals surface area contributed by atoms with Crippen LogP contribution in [0.5, 0.6) is 5.75 Å². The molecule has 7 heteroatoms. The fourth-order valence-electron chi connectivity index (χ4n) is 2.33. The molecular formula is C19H18ClFN4O. The van der Waals surface area contributed by atoms with Crippen molar-refractivity contribution in [3.05, 3.63) is 52.3 Å². The van der Waals surface area contributed by atoms with Gasteiger partial charge in [0.15, 0.2) is 0 Å². The van der Waals surface area contributed by atoms with Crippen LogP contribution in [0, 0.1) is 17.1 Å². The van der Waals surface area contributed by atoms with E-state index in [2.05, 4.69) is 23.1 Å². The van der Waals surface area contributed by atoms with Crippen LogP contribution >= 0.6 is 11.6 Å². The van der Waals surface area contributed by atoms with E-state index in [4.69, 9.17) is 22.1 Å². The zero-order chi connectivity index (χ0) is 19.3. The van der Waals surface area contributed by atoms with Crippen molar-refractivity contribution in [3.8, 4) is 11.8 Å². The molecule has 0 bridgehead atoms. The van der Waals surface area contributed by atoms with Gasteiger partial charge in [-0.2, -0.15) is 5.26 Å². The van der Waals surface area contributed by atoms with Crippen LogP contribution in [0.2, 0.25) is 5.02 Å². The summed E-state index contributed by atoms with van der Waals surface area (Å²) in [5, 5.41) is 12.4. The molecule has 0 unspecified atom stereocenters. The molecule has 0 fully saturated rings. The number of aliphatic imine (C=N–C) groups is 1. The predicted octanol–water partition coefficient (Wildman–Crippen LogP) is 5.16. The fourth-order valence-corrected chi connectivity index (χ4v) is 2.52. The number of hydrogen-bond donors (Lipinski definition) is 2. The van der Waals surface area contributed by atoms with E-state index in [1.807, 2.05) is 6.92 Å². The number of benzene rings is 2. The Bertz CT molecular complexity index is 918. The minimum atomic E-state index is -0.529. The first-order chi connectivity index (χ1) is 12.4. The van der Waals surface area contributed by atoms with E-state index in [9.17, 15) is 9.65 Å². The molecule has 0 radical (unpaired) electrons. The van der Waals surface area contributed by atoms with Crippen LogP contribution in [-0.4, -0.2) is 13.3 Å². The summed E-state index contributed by atoms with van der Waals surface area (Å²) >= 11 is 5.83. The maximum Gasteiger partial charge on any atom is 0.144 e. The van der Waals surface area contributed by atoms with Crippen LogP contribution in [0.4, 0.5) is 21.5 Å². The van der Waals surface area contributed by atoms with Crippen LogP contribution in [0.3, 0.4) is 0 Å². The zero-order valence-electron chi connectivity index (χ0n) is 14.4. The van der Waals surface area contributed by atoms with E-state index >= 15 is 0 Å². The highest BCUT2D eigenvalue weighted by Gasteiger charge is 2.15. The third kappa shape index (κ3) is 4.13. The van der Waals surface area contributed by atoms with Crippen LogP contribution in [0.25, 0.3) is 5.70 Å². The minimum absolute atomic E-state index is 0.0303. The Morgan fingerprint density at radius 3 is 2.73 bits per heavy atom. The second-order valence-electron chi connectivity index (χ2n) is 5.36. The number of hydrogen-bond acceptors (Lipinski definition) is 5. The molecule has 0 aliphatic carbocycles. The highest BCUT2D eigenvalue weighted by atomic mass is 35.5.